The number of nitrogens with two attached hydrogens (primary N) is 1. The van der Waals surface area contributed by atoms with E-state index in [1.165, 1.54) is 17.9 Å². The molecule has 1 rings (SSSR count). The van der Waals surface area contributed by atoms with Gasteiger partial charge in [0.05, 0.1) is 0 Å². The van der Waals surface area contributed by atoms with E-state index in [-0.39, 0.29) is 0 Å². The Hall–Kier alpha value is 0.660. The highest BCUT2D eigenvalue weighted by Crippen LogP contribution is 2.34. The minimum atomic E-state index is 0.359. The van der Waals surface area contributed by atoms with Crippen LogP contribution < -0.4 is 5.73 Å². The molecule has 1 fully saturated rings. The summed E-state index contributed by atoms with van der Waals surface area (Å²) in [4.78, 5) is 0. The smallest absolute Gasteiger partial charge is 0.0315 e. The van der Waals surface area contributed by atoms with E-state index in [1.807, 2.05) is 0 Å². The Balaban J connectivity index is 2.44. The molecule has 0 saturated carbocycles. The molecular formula is C8H17NS2. The Morgan fingerprint density at radius 1 is 1.45 bits per heavy atom. The first-order valence-corrected chi connectivity index (χ1v) is 6.34. The summed E-state index contributed by atoms with van der Waals surface area (Å²) < 4.78 is 0. The minimum absolute atomic E-state index is 0.359. The van der Waals surface area contributed by atoms with E-state index in [9.17, 15) is 0 Å². The summed E-state index contributed by atoms with van der Waals surface area (Å²) in [6, 6.07) is 0.359. The minimum Gasteiger partial charge on any atom is -0.327 e. The molecule has 0 aromatic carbocycles. The molecule has 1 aliphatic rings. The largest absolute Gasteiger partial charge is 0.327 e. The Morgan fingerprint density at radius 3 is 2.55 bits per heavy atom. The van der Waals surface area contributed by atoms with Crippen LogP contribution >= 0.6 is 23.5 Å². The number of rotatable bonds is 2. The van der Waals surface area contributed by atoms with Crippen molar-refractivity contribution in [3.63, 3.8) is 0 Å². The van der Waals surface area contributed by atoms with Gasteiger partial charge in [-0.1, -0.05) is 6.92 Å². The number of hydrogen-bond donors (Lipinski definition) is 1. The van der Waals surface area contributed by atoms with Crippen LogP contribution in [-0.2, 0) is 0 Å². The van der Waals surface area contributed by atoms with E-state index >= 15 is 0 Å². The van der Waals surface area contributed by atoms with Crippen molar-refractivity contribution in [3.05, 3.63) is 0 Å². The normalized spacial score (nSPS) is 35.2. The quantitative estimate of drug-likeness (QED) is 0.722. The molecule has 66 valence electrons. The summed E-state index contributed by atoms with van der Waals surface area (Å²) in [5.74, 6) is 2.60. The van der Waals surface area contributed by atoms with E-state index in [1.54, 1.807) is 0 Å². The van der Waals surface area contributed by atoms with Crippen LogP contribution in [0.3, 0.4) is 0 Å². The lowest BCUT2D eigenvalue weighted by Crippen LogP contribution is -2.39. The number of thioether (sulfide) groups is 2. The summed E-state index contributed by atoms with van der Waals surface area (Å²) >= 11 is 4.16. The molecule has 0 aromatic heterocycles. The van der Waals surface area contributed by atoms with Gasteiger partial charge in [-0.15, -0.1) is 0 Å². The monoisotopic (exact) mass is 191 g/mol. The average Bonchev–Trinajstić information content (AvgIpc) is 2.04. The molecular weight excluding hydrogens is 174 g/mol. The Kier molecular flexibility index (Phi) is 4.10. The summed E-state index contributed by atoms with van der Waals surface area (Å²) in [6.45, 7) is 4.39. The Labute approximate surface area is 77.9 Å². The first kappa shape index (κ1) is 9.75. The zero-order valence-corrected chi connectivity index (χ0v) is 8.88. The van der Waals surface area contributed by atoms with Crippen molar-refractivity contribution in [2.24, 2.45) is 5.73 Å². The van der Waals surface area contributed by atoms with Crippen LogP contribution in [0.2, 0.25) is 0 Å². The fraction of sp³-hybridized carbons (Fsp3) is 1.00. The van der Waals surface area contributed by atoms with E-state index in [0.717, 1.165) is 5.25 Å². The molecule has 1 saturated heterocycles. The lowest BCUT2D eigenvalue weighted by atomic mass is 10.1. The van der Waals surface area contributed by atoms with Crippen molar-refractivity contribution >= 4 is 23.5 Å². The fourth-order valence-corrected chi connectivity index (χ4v) is 4.63. The standard InChI is InChI=1S/C8H17NS2/c1-3-7-8(6(2)9)11-5-4-10-7/h6-8H,3-5,9H2,1-2H3/t6-,7?,8?/m0/s1. The maximum atomic E-state index is 5.90. The molecule has 0 amide bonds. The highest BCUT2D eigenvalue weighted by atomic mass is 32.2. The van der Waals surface area contributed by atoms with Gasteiger partial charge in [-0.25, -0.2) is 0 Å². The SMILES string of the molecule is CCC1SCCSC1[C@H](C)N. The second-order valence-corrected chi connectivity index (χ2v) is 5.65. The third-order valence-corrected chi connectivity index (χ3v) is 5.52. The first-order valence-electron chi connectivity index (χ1n) is 4.24. The summed E-state index contributed by atoms with van der Waals surface area (Å²) in [5, 5.41) is 1.49. The van der Waals surface area contributed by atoms with E-state index < -0.39 is 0 Å². The predicted octanol–water partition coefficient (Wildman–Crippen LogP) is 1.96. The van der Waals surface area contributed by atoms with Gasteiger partial charge >= 0.3 is 0 Å². The predicted molar refractivity (Wildman–Crippen MR) is 56.4 cm³/mol. The summed E-state index contributed by atoms with van der Waals surface area (Å²) in [6.07, 6.45) is 1.27. The third-order valence-electron chi connectivity index (χ3n) is 2.01. The van der Waals surface area contributed by atoms with Crippen LogP contribution in [0.1, 0.15) is 20.3 Å². The van der Waals surface area contributed by atoms with Gasteiger partial charge < -0.3 is 5.73 Å². The fourth-order valence-electron chi connectivity index (χ4n) is 1.43. The second-order valence-electron chi connectivity index (χ2n) is 3.01. The van der Waals surface area contributed by atoms with Gasteiger partial charge in [-0.05, 0) is 13.3 Å². The lowest BCUT2D eigenvalue weighted by Gasteiger charge is -2.32. The van der Waals surface area contributed by atoms with Crippen molar-refractivity contribution < 1.29 is 0 Å². The van der Waals surface area contributed by atoms with E-state index in [0.29, 0.717) is 11.3 Å². The molecule has 1 aliphatic heterocycles. The molecule has 2 N–H and O–H groups in total. The highest BCUT2D eigenvalue weighted by Gasteiger charge is 2.27. The van der Waals surface area contributed by atoms with Crippen LogP contribution in [0.25, 0.3) is 0 Å². The summed E-state index contributed by atoms with van der Waals surface area (Å²) in [5.41, 5.74) is 5.90. The maximum absolute atomic E-state index is 5.90. The van der Waals surface area contributed by atoms with Gasteiger partial charge in [0, 0.05) is 28.0 Å². The second kappa shape index (κ2) is 4.63. The van der Waals surface area contributed by atoms with Crippen LogP contribution in [-0.4, -0.2) is 28.0 Å². The highest BCUT2D eigenvalue weighted by molar-refractivity contribution is 8.07. The Bertz CT molecular complexity index is 117. The maximum Gasteiger partial charge on any atom is 0.0315 e. The van der Waals surface area contributed by atoms with Crippen LogP contribution in [0, 0.1) is 0 Å². The molecule has 1 heterocycles. The van der Waals surface area contributed by atoms with Gasteiger partial charge in [0.1, 0.15) is 0 Å². The molecule has 3 atom stereocenters. The molecule has 0 aromatic rings. The molecule has 0 spiro atoms. The van der Waals surface area contributed by atoms with E-state index in [2.05, 4.69) is 37.4 Å². The molecule has 2 unspecified atom stereocenters. The van der Waals surface area contributed by atoms with Gasteiger partial charge in [0.2, 0.25) is 0 Å². The zero-order valence-electron chi connectivity index (χ0n) is 7.25. The topological polar surface area (TPSA) is 26.0 Å². The summed E-state index contributed by atoms with van der Waals surface area (Å²) in [7, 11) is 0. The zero-order chi connectivity index (χ0) is 8.27. The van der Waals surface area contributed by atoms with Crippen LogP contribution in [0.4, 0.5) is 0 Å². The molecule has 0 aliphatic carbocycles. The molecule has 3 heteroatoms. The lowest BCUT2D eigenvalue weighted by molar-refractivity contribution is 0.643. The molecule has 0 bridgehead atoms. The van der Waals surface area contributed by atoms with Crippen molar-refractivity contribution in [2.45, 2.75) is 36.8 Å². The van der Waals surface area contributed by atoms with E-state index in [4.69, 9.17) is 5.73 Å². The van der Waals surface area contributed by atoms with Crippen molar-refractivity contribution in [1.29, 1.82) is 0 Å². The van der Waals surface area contributed by atoms with Gasteiger partial charge in [0.15, 0.2) is 0 Å². The average molecular weight is 191 g/mol. The van der Waals surface area contributed by atoms with Crippen molar-refractivity contribution in [2.75, 3.05) is 11.5 Å². The molecule has 0 radical (unpaired) electrons. The number of hydrogen-bond acceptors (Lipinski definition) is 3. The van der Waals surface area contributed by atoms with Gasteiger partial charge in [0.25, 0.3) is 0 Å². The van der Waals surface area contributed by atoms with Crippen LogP contribution in [0.5, 0.6) is 0 Å². The van der Waals surface area contributed by atoms with Crippen LogP contribution in [0.15, 0.2) is 0 Å². The molecule has 1 nitrogen and oxygen atoms in total. The van der Waals surface area contributed by atoms with Crippen molar-refractivity contribution in [1.82, 2.24) is 0 Å². The van der Waals surface area contributed by atoms with Crippen molar-refractivity contribution in [3.8, 4) is 0 Å². The third kappa shape index (κ3) is 2.56. The molecule has 11 heavy (non-hydrogen) atoms. The first-order chi connectivity index (χ1) is 5.25. The Morgan fingerprint density at radius 2 is 2.09 bits per heavy atom. The van der Waals surface area contributed by atoms with Gasteiger partial charge in [-0.3, -0.25) is 0 Å². The van der Waals surface area contributed by atoms with Gasteiger partial charge in [-0.2, -0.15) is 23.5 Å².